The first-order valence-corrected chi connectivity index (χ1v) is 6.90. The van der Waals surface area contributed by atoms with Crippen LogP contribution in [-0.2, 0) is 0 Å². The van der Waals surface area contributed by atoms with Gasteiger partial charge in [-0.2, -0.15) is 0 Å². The van der Waals surface area contributed by atoms with Crippen LogP contribution in [0, 0.1) is 13.8 Å². The summed E-state index contributed by atoms with van der Waals surface area (Å²) in [6.07, 6.45) is 1.53. The van der Waals surface area contributed by atoms with Crippen LogP contribution in [-0.4, -0.2) is 16.6 Å². The number of anilines is 1. The molecule has 0 radical (unpaired) electrons. The predicted octanol–water partition coefficient (Wildman–Crippen LogP) is 3.67. The number of nitrogens with zero attached hydrogens (tertiary/aromatic N) is 2. The summed E-state index contributed by atoms with van der Waals surface area (Å²) in [5.41, 5.74) is 3.47. The SMILES string of the molecule is CCOc1ncnc(NC(C)c2ccccc2C)c1C. The highest BCUT2D eigenvalue weighted by Crippen LogP contribution is 2.25. The van der Waals surface area contributed by atoms with Gasteiger partial charge in [0.05, 0.1) is 18.2 Å². The first kappa shape index (κ1) is 14.3. The Morgan fingerprint density at radius 3 is 2.65 bits per heavy atom. The molecule has 1 aromatic heterocycles. The van der Waals surface area contributed by atoms with E-state index >= 15 is 0 Å². The van der Waals surface area contributed by atoms with Crippen molar-refractivity contribution in [1.82, 2.24) is 9.97 Å². The molecule has 0 aliphatic heterocycles. The van der Waals surface area contributed by atoms with Gasteiger partial charge in [0.15, 0.2) is 0 Å². The molecule has 0 fully saturated rings. The van der Waals surface area contributed by atoms with Crippen molar-refractivity contribution < 1.29 is 4.74 Å². The van der Waals surface area contributed by atoms with Crippen molar-refractivity contribution in [2.75, 3.05) is 11.9 Å². The Balaban J connectivity index is 2.22. The van der Waals surface area contributed by atoms with Crippen molar-refractivity contribution >= 4 is 5.82 Å². The summed E-state index contributed by atoms with van der Waals surface area (Å²) >= 11 is 0. The zero-order valence-corrected chi connectivity index (χ0v) is 12.5. The van der Waals surface area contributed by atoms with Gasteiger partial charge in [-0.15, -0.1) is 0 Å². The van der Waals surface area contributed by atoms with E-state index in [1.807, 2.05) is 13.8 Å². The van der Waals surface area contributed by atoms with Crippen LogP contribution in [0.4, 0.5) is 5.82 Å². The molecule has 0 amide bonds. The Morgan fingerprint density at radius 1 is 1.20 bits per heavy atom. The minimum absolute atomic E-state index is 0.180. The standard InChI is InChI=1S/C16H21N3O/c1-5-20-16-12(3)15(17-10-18-16)19-13(4)14-9-7-6-8-11(14)2/h6-10,13H,5H2,1-4H3,(H,17,18,19). The Morgan fingerprint density at radius 2 is 1.95 bits per heavy atom. The van der Waals surface area contributed by atoms with Gasteiger partial charge in [-0.05, 0) is 38.8 Å². The molecule has 0 saturated carbocycles. The van der Waals surface area contributed by atoms with Gasteiger partial charge in [-0.3, -0.25) is 0 Å². The van der Waals surface area contributed by atoms with Gasteiger partial charge in [0, 0.05) is 0 Å². The maximum Gasteiger partial charge on any atom is 0.221 e. The molecule has 0 aliphatic carbocycles. The van der Waals surface area contributed by atoms with Crippen LogP contribution in [0.1, 0.15) is 36.6 Å². The molecule has 106 valence electrons. The molecule has 2 aromatic rings. The summed E-state index contributed by atoms with van der Waals surface area (Å²) in [7, 11) is 0. The van der Waals surface area contributed by atoms with Crippen LogP contribution in [0.3, 0.4) is 0 Å². The molecule has 0 saturated heterocycles. The van der Waals surface area contributed by atoms with E-state index in [-0.39, 0.29) is 6.04 Å². The van der Waals surface area contributed by atoms with Crippen LogP contribution < -0.4 is 10.1 Å². The molecule has 4 nitrogen and oxygen atoms in total. The zero-order valence-electron chi connectivity index (χ0n) is 12.5. The van der Waals surface area contributed by atoms with Crippen molar-refractivity contribution in [3.63, 3.8) is 0 Å². The van der Waals surface area contributed by atoms with Crippen molar-refractivity contribution in [3.8, 4) is 5.88 Å². The third kappa shape index (κ3) is 3.07. The van der Waals surface area contributed by atoms with Gasteiger partial charge in [0.1, 0.15) is 12.1 Å². The van der Waals surface area contributed by atoms with E-state index in [9.17, 15) is 0 Å². The number of rotatable bonds is 5. The molecule has 1 aromatic carbocycles. The first-order valence-electron chi connectivity index (χ1n) is 6.90. The molecular formula is C16H21N3O. The summed E-state index contributed by atoms with van der Waals surface area (Å²) in [4.78, 5) is 8.47. The Hall–Kier alpha value is -2.10. The lowest BCUT2D eigenvalue weighted by atomic mass is 10.0. The monoisotopic (exact) mass is 271 g/mol. The summed E-state index contributed by atoms with van der Waals surface area (Å²) in [5, 5.41) is 3.43. The van der Waals surface area contributed by atoms with Gasteiger partial charge in [-0.1, -0.05) is 24.3 Å². The summed E-state index contributed by atoms with van der Waals surface area (Å²) in [6, 6.07) is 8.53. The smallest absolute Gasteiger partial charge is 0.221 e. The van der Waals surface area contributed by atoms with Gasteiger partial charge in [0.2, 0.25) is 5.88 Å². The number of hydrogen-bond donors (Lipinski definition) is 1. The van der Waals surface area contributed by atoms with Crippen molar-refractivity contribution in [2.45, 2.75) is 33.7 Å². The number of aromatic nitrogens is 2. The maximum absolute atomic E-state index is 5.50. The molecule has 4 heteroatoms. The summed E-state index contributed by atoms with van der Waals surface area (Å²) in [5.74, 6) is 1.46. The van der Waals surface area contributed by atoms with E-state index in [0.29, 0.717) is 12.5 Å². The van der Waals surface area contributed by atoms with Gasteiger partial charge >= 0.3 is 0 Å². The second-order valence-electron chi connectivity index (χ2n) is 4.81. The lowest BCUT2D eigenvalue weighted by molar-refractivity contribution is 0.324. The average Bonchev–Trinajstić information content (AvgIpc) is 2.44. The fraction of sp³-hybridized carbons (Fsp3) is 0.375. The quantitative estimate of drug-likeness (QED) is 0.901. The van der Waals surface area contributed by atoms with Gasteiger partial charge in [0.25, 0.3) is 0 Å². The molecule has 0 spiro atoms. The van der Waals surface area contributed by atoms with Gasteiger partial charge < -0.3 is 10.1 Å². The average molecular weight is 271 g/mol. The zero-order chi connectivity index (χ0) is 14.5. The lowest BCUT2D eigenvalue weighted by Crippen LogP contribution is -2.11. The molecular weight excluding hydrogens is 250 g/mol. The van der Waals surface area contributed by atoms with Crippen molar-refractivity contribution in [2.24, 2.45) is 0 Å². The lowest BCUT2D eigenvalue weighted by Gasteiger charge is -2.19. The minimum Gasteiger partial charge on any atom is -0.478 e. The van der Waals surface area contributed by atoms with E-state index < -0.39 is 0 Å². The molecule has 1 heterocycles. The fourth-order valence-electron chi connectivity index (χ4n) is 2.22. The number of ether oxygens (including phenoxy) is 1. The first-order chi connectivity index (χ1) is 9.63. The highest BCUT2D eigenvalue weighted by molar-refractivity contribution is 5.49. The number of hydrogen-bond acceptors (Lipinski definition) is 4. The molecule has 1 N–H and O–H groups in total. The number of nitrogens with one attached hydrogen (secondary N) is 1. The van der Waals surface area contributed by atoms with Crippen LogP contribution in [0.2, 0.25) is 0 Å². The number of aryl methyl sites for hydroxylation is 1. The third-order valence-electron chi connectivity index (χ3n) is 3.33. The Kier molecular flexibility index (Phi) is 4.56. The Labute approximate surface area is 120 Å². The highest BCUT2D eigenvalue weighted by Gasteiger charge is 2.12. The Bertz CT molecular complexity index is 584. The van der Waals surface area contributed by atoms with Crippen molar-refractivity contribution in [3.05, 3.63) is 47.3 Å². The second kappa shape index (κ2) is 6.37. The normalized spacial score (nSPS) is 12.0. The van der Waals surface area contributed by atoms with Crippen LogP contribution in [0.15, 0.2) is 30.6 Å². The molecule has 0 bridgehead atoms. The van der Waals surface area contributed by atoms with E-state index in [2.05, 4.69) is 53.4 Å². The molecule has 20 heavy (non-hydrogen) atoms. The minimum atomic E-state index is 0.180. The molecule has 0 aliphatic rings. The largest absolute Gasteiger partial charge is 0.478 e. The maximum atomic E-state index is 5.50. The van der Waals surface area contributed by atoms with E-state index in [4.69, 9.17) is 4.74 Å². The second-order valence-corrected chi connectivity index (χ2v) is 4.81. The topological polar surface area (TPSA) is 47.0 Å². The molecule has 2 rings (SSSR count). The third-order valence-corrected chi connectivity index (χ3v) is 3.33. The highest BCUT2D eigenvalue weighted by atomic mass is 16.5. The fourth-order valence-corrected chi connectivity index (χ4v) is 2.22. The van der Waals surface area contributed by atoms with E-state index in [0.717, 1.165) is 11.4 Å². The molecule has 1 unspecified atom stereocenters. The van der Waals surface area contributed by atoms with Crippen LogP contribution in [0.5, 0.6) is 5.88 Å². The summed E-state index contributed by atoms with van der Waals surface area (Å²) < 4.78 is 5.50. The number of benzene rings is 1. The van der Waals surface area contributed by atoms with E-state index in [1.54, 1.807) is 0 Å². The predicted molar refractivity (Wildman–Crippen MR) is 81.2 cm³/mol. The van der Waals surface area contributed by atoms with Crippen LogP contribution >= 0.6 is 0 Å². The molecule has 1 atom stereocenters. The van der Waals surface area contributed by atoms with Crippen LogP contribution in [0.25, 0.3) is 0 Å². The van der Waals surface area contributed by atoms with E-state index in [1.165, 1.54) is 17.5 Å². The summed E-state index contributed by atoms with van der Waals surface area (Å²) in [6.45, 7) is 8.77. The van der Waals surface area contributed by atoms with Crippen molar-refractivity contribution in [1.29, 1.82) is 0 Å². The van der Waals surface area contributed by atoms with Gasteiger partial charge in [-0.25, -0.2) is 9.97 Å².